The van der Waals surface area contributed by atoms with Crippen LogP contribution in [0.3, 0.4) is 0 Å². The number of thiophene rings is 1. The van der Waals surface area contributed by atoms with Gasteiger partial charge in [0.05, 0.1) is 11.4 Å². The fourth-order valence-electron chi connectivity index (χ4n) is 2.48. The molecule has 3 aromatic rings. The van der Waals surface area contributed by atoms with E-state index in [1.807, 2.05) is 29.6 Å². The van der Waals surface area contributed by atoms with Crippen molar-refractivity contribution in [2.45, 2.75) is 0 Å². The number of benzene rings is 2. The van der Waals surface area contributed by atoms with Crippen LogP contribution in [0.25, 0.3) is 0 Å². The van der Waals surface area contributed by atoms with E-state index < -0.39 is 0 Å². The number of nitrogens with one attached hydrogen (secondary N) is 2. The lowest BCUT2D eigenvalue weighted by Crippen LogP contribution is -2.11. The lowest BCUT2D eigenvalue weighted by Gasteiger charge is -2.10. The van der Waals surface area contributed by atoms with Crippen LogP contribution in [0.15, 0.2) is 53.9 Å². The second-order valence-electron chi connectivity index (χ2n) is 5.29. The zero-order chi connectivity index (χ0) is 17.2. The Kier molecular flexibility index (Phi) is 3.99. The molecular formula is C18H13FN2O3S. The van der Waals surface area contributed by atoms with Crippen LogP contribution in [0.1, 0.15) is 9.67 Å². The Morgan fingerprint density at radius 2 is 1.88 bits per heavy atom. The number of hydrogen-bond donors (Lipinski definition) is 2. The summed E-state index contributed by atoms with van der Waals surface area (Å²) in [5, 5.41) is 7.79. The molecule has 126 valence electrons. The van der Waals surface area contributed by atoms with Crippen LogP contribution in [-0.2, 0) is 0 Å². The first kappa shape index (κ1) is 15.5. The lowest BCUT2D eigenvalue weighted by atomic mass is 10.2. The molecule has 1 aromatic heterocycles. The number of carbonyl (C=O) groups is 1. The maximum Gasteiger partial charge on any atom is 0.267 e. The minimum absolute atomic E-state index is 0.176. The molecule has 0 saturated carbocycles. The summed E-state index contributed by atoms with van der Waals surface area (Å²) in [5.74, 6) is 0.668. The Labute approximate surface area is 147 Å². The molecule has 1 aliphatic heterocycles. The van der Waals surface area contributed by atoms with Crippen molar-refractivity contribution in [2.24, 2.45) is 0 Å². The van der Waals surface area contributed by atoms with Crippen molar-refractivity contribution in [3.63, 3.8) is 0 Å². The average molecular weight is 356 g/mol. The summed E-state index contributed by atoms with van der Waals surface area (Å²) < 4.78 is 23.8. The van der Waals surface area contributed by atoms with Gasteiger partial charge in [-0.3, -0.25) is 4.79 Å². The van der Waals surface area contributed by atoms with Crippen LogP contribution in [-0.4, -0.2) is 12.7 Å². The molecule has 0 aliphatic carbocycles. The van der Waals surface area contributed by atoms with Gasteiger partial charge in [-0.05, 0) is 47.8 Å². The maximum absolute atomic E-state index is 13.0. The Hall–Kier alpha value is -3.06. The highest BCUT2D eigenvalue weighted by Crippen LogP contribution is 2.41. The Bertz CT molecular complexity index is 924. The van der Waals surface area contributed by atoms with Gasteiger partial charge in [-0.1, -0.05) is 6.07 Å². The summed E-state index contributed by atoms with van der Waals surface area (Å²) in [5.41, 5.74) is 1.92. The predicted octanol–water partition coefficient (Wildman–Crippen LogP) is 4.61. The van der Waals surface area contributed by atoms with Gasteiger partial charge in [0, 0.05) is 5.69 Å². The topological polar surface area (TPSA) is 59.6 Å². The number of rotatable bonds is 4. The van der Waals surface area contributed by atoms with E-state index in [4.69, 9.17) is 9.47 Å². The number of anilines is 3. The highest BCUT2D eigenvalue weighted by Gasteiger charge is 2.20. The summed E-state index contributed by atoms with van der Waals surface area (Å²) in [6.07, 6.45) is 0. The van der Waals surface area contributed by atoms with Crippen molar-refractivity contribution >= 4 is 34.3 Å². The predicted molar refractivity (Wildman–Crippen MR) is 94.5 cm³/mol. The molecule has 4 rings (SSSR count). The zero-order valence-electron chi connectivity index (χ0n) is 12.9. The van der Waals surface area contributed by atoms with E-state index in [1.54, 1.807) is 0 Å². The zero-order valence-corrected chi connectivity index (χ0v) is 13.7. The Morgan fingerprint density at radius 3 is 2.72 bits per heavy atom. The van der Waals surface area contributed by atoms with E-state index in [2.05, 4.69) is 10.6 Å². The summed E-state index contributed by atoms with van der Waals surface area (Å²) in [4.78, 5) is 13.0. The van der Waals surface area contributed by atoms with Crippen molar-refractivity contribution in [3.05, 3.63) is 64.6 Å². The van der Waals surface area contributed by atoms with E-state index in [-0.39, 0.29) is 18.5 Å². The van der Waals surface area contributed by atoms with E-state index in [1.165, 1.54) is 35.6 Å². The van der Waals surface area contributed by atoms with Gasteiger partial charge in [0.2, 0.25) is 6.79 Å². The normalized spacial score (nSPS) is 12.0. The molecule has 0 bridgehead atoms. The molecule has 0 saturated heterocycles. The van der Waals surface area contributed by atoms with Crippen LogP contribution < -0.4 is 20.1 Å². The minimum atomic E-state index is -0.350. The Morgan fingerprint density at radius 1 is 1.04 bits per heavy atom. The highest BCUT2D eigenvalue weighted by atomic mass is 32.1. The van der Waals surface area contributed by atoms with Crippen LogP contribution >= 0.6 is 11.3 Å². The van der Waals surface area contributed by atoms with E-state index in [9.17, 15) is 9.18 Å². The van der Waals surface area contributed by atoms with Crippen LogP contribution in [0.5, 0.6) is 11.5 Å². The SMILES string of the molecule is O=C(Nc1ccc(F)cc1)c1sccc1Nc1cccc2c1OCO2. The molecule has 25 heavy (non-hydrogen) atoms. The van der Waals surface area contributed by atoms with E-state index in [0.717, 1.165) is 5.69 Å². The molecule has 5 nitrogen and oxygen atoms in total. The first-order valence-electron chi connectivity index (χ1n) is 7.51. The third kappa shape index (κ3) is 3.14. The maximum atomic E-state index is 13.0. The first-order chi connectivity index (χ1) is 12.2. The molecule has 0 unspecified atom stereocenters. The van der Waals surface area contributed by atoms with Gasteiger partial charge >= 0.3 is 0 Å². The summed E-state index contributed by atoms with van der Waals surface area (Å²) in [7, 11) is 0. The number of ether oxygens (including phenoxy) is 2. The van der Waals surface area contributed by atoms with Crippen LogP contribution in [0, 0.1) is 5.82 Å². The molecule has 0 fully saturated rings. The van der Waals surface area contributed by atoms with E-state index in [0.29, 0.717) is 27.8 Å². The number of para-hydroxylation sites is 1. The fraction of sp³-hybridized carbons (Fsp3) is 0.0556. The van der Waals surface area contributed by atoms with Crippen LogP contribution in [0.2, 0.25) is 0 Å². The first-order valence-corrected chi connectivity index (χ1v) is 8.39. The molecule has 1 aliphatic rings. The summed E-state index contributed by atoms with van der Waals surface area (Å²) in [6, 6.07) is 13.0. The van der Waals surface area contributed by atoms with Gasteiger partial charge in [-0.15, -0.1) is 11.3 Å². The second-order valence-corrected chi connectivity index (χ2v) is 6.20. The molecule has 2 aromatic carbocycles. The molecule has 0 radical (unpaired) electrons. The second kappa shape index (κ2) is 6.45. The van der Waals surface area contributed by atoms with Crippen molar-refractivity contribution < 1.29 is 18.7 Å². The average Bonchev–Trinajstić information content (AvgIpc) is 3.26. The molecule has 0 spiro atoms. The van der Waals surface area contributed by atoms with Crippen molar-refractivity contribution in [1.82, 2.24) is 0 Å². The number of carbonyl (C=O) groups excluding carboxylic acids is 1. The molecule has 2 heterocycles. The standard InChI is InChI=1S/C18H13FN2O3S/c19-11-4-6-12(7-5-11)20-18(22)17-14(8-9-25-17)21-13-2-1-3-15-16(13)24-10-23-15/h1-9,21H,10H2,(H,20,22). The number of hydrogen-bond acceptors (Lipinski definition) is 5. The quantitative estimate of drug-likeness (QED) is 0.717. The lowest BCUT2D eigenvalue weighted by molar-refractivity contribution is 0.103. The molecule has 7 heteroatoms. The van der Waals surface area contributed by atoms with E-state index >= 15 is 0 Å². The molecule has 2 N–H and O–H groups in total. The fourth-order valence-corrected chi connectivity index (χ4v) is 3.22. The smallest absolute Gasteiger partial charge is 0.267 e. The third-order valence-corrected chi connectivity index (χ3v) is 4.55. The number of halogens is 1. The number of amides is 1. The Balaban J connectivity index is 1.55. The highest BCUT2D eigenvalue weighted by molar-refractivity contribution is 7.12. The van der Waals surface area contributed by atoms with Gasteiger partial charge in [0.1, 0.15) is 10.7 Å². The van der Waals surface area contributed by atoms with Gasteiger partial charge in [-0.25, -0.2) is 4.39 Å². The third-order valence-electron chi connectivity index (χ3n) is 3.64. The minimum Gasteiger partial charge on any atom is -0.454 e. The van der Waals surface area contributed by atoms with Gasteiger partial charge in [0.25, 0.3) is 5.91 Å². The van der Waals surface area contributed by atoms with Crippen molar-refractivity contribution in [1.29, 1.82) is 0 Å². The molecular weight excluding hydrogens is 343 g/mol. The van der Waals surface area contributed by atoms with Crippen LogP contribution in [0.4, 0.5) is 21.5 Å². The summed E-state index contributed by atoms with van der Waals surface area (Å²) in [6.45, 7) is 0.176. The molecule has 0 atom stereocenters. The molecule has 1 amide bonds. The number of fused-ring (bicyclic) bond motifs is 1. The largest absolute Gasteiger partial charge is 0.454 e. The van der Waals surface area contributed by atoms with Crippen molar-refractivity contribution in [2.75, 3.05) is 17.4 Å². The van der Waals surface area contributed by atoms with Gasteiger partial charge in [-0.2, -0.15) is 0 Å². The summed E-state index contributed by atoms with van der Waals surface area (Å²) >= 11 is 1.31. The van der Waals surface area contributed by atoms with Gasteiger partial charge < -0.3 is 20.1 Å². The van der Waals surface area contributed by atoms with Crippen molar-refractivity contribution in [3.8, 4) is 11.5 Å². The monoisotopic (exact) mass is 356 g/mol. The van der Waals surface area contributed by atoms with Gasteiger partial charge in [0.15, 0.2) is 11.5 Å².